The quantitative estimate of drug-likeness (QED) is 0.517. The van der Waals surface area contributed by atoms with E-state index >= 15 is 0 Å². The van der Waals surface area contributed by atoms with Gasteiger partial charge in [-0.15, -0.1) is 10.2 Å². The third-order valence-corrected chi connectivity index (χ3v) is 6.77. The minimum Gasteiger partial charge on any atom is -0.378 e. The summed E-state index contributed by atoms with van der Waals surface area (Å²) in [5.41, 5.74) is 2.76. The number of amides is 1. The number of halogens is 2. The summed E-state index contributed by atoms with van der Waals surface area (Å²) < 4.78 is 7.44. The number of thioether (sulfide) groups is 1. The van der Waals surface area contributed by atoms with E-state index in [0.717, 1.165) is 30.3 Å². The van der Waals surface area contributed by atoms with Gasteiger partial charge in [0.1, 0.15) is 0 Å². The zero-order valence-electron chi connectivity index (χ0n) is 17.6. The standard InChI is InChI=1S/C21H22Cl2N6O2S/c1-13-3-5-15(6-4-13)29-20(28-7-9-31-10-8-28)26-27-21(29)32-12-17(30)25-19-18(23)14(2)16(22)11-24-19/h3-6,11H,7-10,12H2,1-2H3,(H,24,25,30). The Hall–Kier alpha value is -2.33. The van der Waals surface area contributed by atoms with Crippen molar-refractivity contribution in [3.63, 3.8) is 0 Å². The molecule has 2 aromatic heterocycles. The number of hydrogen-bond acceptors (Lipinski definition) is 7. The summed E-state index contributed by atoms with van der Waals surface area (Å²) in [5.74, 6) is 0.885. The van der Waals surface area contributed by atoms with Crippen LogP contribution in [0.1, 0.15) is 11.1 Å². The zero-order valence-corrected chi connectivity index (χ0v) is 20.0. The molecule has 3 heterocycles. The van der Waals surface area contributed by atoms with Crippen molar-refractivity contribution in [2.24, 2.45) is 0 Å². The van der Waals surface area contributed by atoms with Gasteiger partial charge in [-0.05, 0) is 31.5 Å². The monoisotopic (exact) mass is 492 g/mol. The molecular weight excluding hydrogens is 471 g/mol. The van der Waals surface area contributed by atoms with Gasteiger partial charge in [-0.2, -0.15) is 0 Å². The predicted octanol–water partition coefficient (Wildman–Crippen LogP) is 4.15. The van der Waals surface area contributed by atoms with Crippen LogP contribution >= 0.6 is 35.0 Å². The third kappa shape index (κ3) is 5.01. The van der Waals surface area contributed by atoms with Crippen LogP contribution in [0.4, 0.5) is 11.8 Å². The van der Waals surface area contributed by atoms with Gasteiger partial charge in [0, 0.05) is 19.3 Å². The number of benzene rings is 1. The molecule has 3 aromatic rings. The summed E-state index contributed by atoms with van der Waals surface area (Å²) in [6, 6.07) is 8.12. The molecule has 168 valence electrons. The lowest BCUT2D eigenvalue weighted by Crippen LogP contribution is -2.37. The number of aryl methyl sites for hydroxylation is 1. The van der Waals surface area contributed by atoms with Crippen molar-refractivity contribution in [2.75, 3.05) is 42.3 Å². The Morgan fingerprint density at radius 1 is 1.16 bits per heavy atom. The molecule has 0 atom stereocenters. The number of anilines is 2. The van der Waals surface area contributed by atoms with E-state index in [2.05, 4.69) is 25.4 Å². The number of morpholine rings is 1. The molecular formula is C21H22Cl2N6O2S. The van der Waals surface area contributed by atoms with Crippen LogP contribution in [0.3, 0.4) is 0 Å². The van der Waals surface area contributed by atoms with Gasteiger partial charge in [0.25, 0.3) is 0 Å². The second-order valence-corrected chi connectivity index (χ2v) is 9.01. The average Bonchev–Trinajstić information content (AvgIpc) is 3.23. The van der Waals surface area contributed by atoms with Gasteiger partial charge < -0.3 is 15.0 Å². The summed E-state index contributed by atoms with van der Waals surface area (Å²) in [7, 11) is 0. The Labute approximate surface area is 200 Å². The Morgan fingerprint density at radius 3 is 2.59 bits per heavy atom. The number of hydrogen-bond donors (Lipinski definition) is 1. The van der Waals surface area contributed by atoms with Crippen LogP contribution in [-0.2, 0) is 9.53 Å². The van der Waals surface area contributed by atoms with Crippen LogP contribution < -0.4 is 10.2 Å². The highest BCUT2D eigenvalue weighted by Gasteiger charge is 2.22. The van der Waals surface area contributed by atoms with Crippen LogP contribution in [0.5, 0.6) is 0 Å². The van der Waals surface area contributed by atoms with Crippen molar-refractivity contribution in [3.05, 3.63) is 51.6 Å². The molecule has 1 N–H and O–H groups in total. The molecule has 11 heteroatoms. The molecule has 1 amide bonds. The van der Waals surface area contributed by atoms with Crippen molar-refractivity contribution >= 4 is 52.6 Å². The van der Waals surface area contributed by atoms with Gasteiger partial charge in [0.15, 0.2) is 11.0 Å². The normalized spacial score (nSPS) is 13.9. The molecule has 1 fully saturated rings. The number of pyridine rings is 1. The summed E-state index contributed by atoms with van der Waals surface area (Å²) in [5, 5.41) is 12.9. The molecule has 0 unspecified atom stereocenters. The SMILES string of the molecule is Cc1ccc(-n2c(SCC(=O)Nc3ncc(Cl)c(C)c3Cl)nnc2N2CCOCC2)cc1. The van der Waals surface area contributed by atoms with Crippen LogP contribution in [-0.4, -0.2) is 57.7 Å². The molecule has 4 rings (SSSR count). The Balaban J connectivity index is 1.54. The van der Waals surface area contributed by atoms with E-state index in [1.54, 1.807) is 6.92 Å². The van der Waals surface area contributed by atoms with E-state index in [1.165, 1.54) is 18.0 Å². The molecule has 0 spiro atoms. The molecule has 1 aromatic carbocycles. The lowest BCUT2D eigenvalue weighted by Gasteiger charge is -2.27. The fourth-order valence-corrected chi connectivity index (χ4v) is 4.32. The highest BCUT2D eigenvalue weighted by atomic mass is 35.5. The third-order valence-electron chi connectivity index (χ3n) is 4.99. The van der Waals surface area contributed by atoms with Crippen molar-refractivity contribution in [1.82, 2.24) is 19.7 Å². The van der Waals surface area contributed by atoms with Crippen molar-refractivity contribution < 1.29 is 9.53 Å². The van der Waals surface area contributed by atoms with E-state index in [-0.39, 0.29) is 17.5 Å². The largest absolute Gasteiger partial charge is 0.378 e. The van der Waals surface area contributed by atoms with Crippen LogP contribution in [0, 0.1) is 13.8 Å². The fraction of sp³-hybridized carbons (Fsp3) is 0.333. The Kier molecular flexibility index (Phi) is 7.20. The minimum absolute atomic E-state index is 0.118. The van der Waals surface area contributed by atoms with Gasteiger partial charge in [0.2, 0.25) is 11.9 Å². The van der Waals surface area contributed by atoms with E-state index in [4.69, 9.17) is 27.9 Å². The Morgan fingerprint density at radius 2 is 1.88 bits per heavy atom. The second kappa shape index (κ2) is 10.1. The smallest absolute Gasteiger partial charge is 0.236 e. The van der Waals surface area contributed by atoms with Gasteiger partial charge in [-0.3, -0.25) is 9.36 Å². The first-order chi connectivity index (χ1) is 15.4. The Bertz CT molecular complexity index is 1120. The molecule has 0 aliphatic carbocycles. The zero-order chi connectivity index (χ0) is 22.7. The maximum atomic E-state index is 12.6. The summed E-state index contributed by atoms with van der Waals surface area (Å²) >= 11 is 13.6. The maximum absolute atomic E-state index is 12.6. The van der Waals surface area contributed by atoms with Gasteiger partial charge in [-0.1, -0.05) is 52.7 Å². The number of carbonyl (C=O) groups is 1. The number of rotatable bonds is 6. The van der Waals surface area contributed by atoms with Crippen molar-refractivity contribution in [1.29, 1.82) is 0 Å². The number of aromatic nitrogens is 4. The number of ether oxygens (including phenoxy) is 1. The molecule has 0 radical (unpaired) electrons. The average molecular weight is 493 g/mol. The molecule has 32 heavy (non-hydrogen) atoms. The van der Waals surface area contributed by atoms with Crippen molar-refractivity contribution in [3.8, 4) is 5.69 Å². The summed E-state index contributed by atoms with van der Waals surface area (Å²) in [6.45, 7) is 6.55. The summed E-state index contributed by atoms with van der Waals surface area (Å²) in [4.78, 5) is 18.8. The highest BCUT2D eigenvalue weighted by molar-refractivity contribution is 7.99. The van der Waals surface area contributed by atoms with E-state index in [1.807, 2.05) is 35.8 Å². The van der Waals surface area contributed by atoms with Gasteiger partial charge in [-0.25, -0.2) is 4.98 Å². The number of nitrogens with zero attached hydrogens (tertiary/aromatic N) is 5. The molecule has 0 bridgehead atoms. The van der Waals surface area contributed by atoms with Crippen molar-refractivity contribution in [2.45, 2.75) is 19.0 Å². The molecule has 1 saturated heterocycles. The predicted molar refractivity (Wildman–Crippen MR) is 127 cm³/mol. The molecule has 1 aliphatic heterocycles. The molecule has 1 aliphatic rings. The van der Waals surface area contributed by atoms with Gasteiger partial charge in [0.05, 0.1) is 34.7 Å². The number of nitrogens with one attached hydrogen (secondary N) is 1. The van der Waals surface area contributed by atoms with Crippen LogP contribution in [0.2, 0.25) is 10.0 Å². The van der Waals surface area contributed by atoms with Gasteiger partial charge >= 0.3 is 0 Å². The molecule has 0 saturated carbocycles. The van der Waals surface area contributed by atoms with E-state index in [9.17, 15) is 4.79 Å². The first-order valence-corrected chi connectivity index (χ1v) is 11.8. The lowest BCUT2D eigenvalue weighted by atomic mass is 10.2. The first-order valence-electron chi connectivity index (χ1n) is 10.0. The van der Waals surface area contributed by atoms with Crippen LogP contribution in [0.15, 0.2) is 35.6 Å². The number of carbonyl (C=O) groups excluding carboxylic acids is 1. The first kappa shape index (κ1) is 22.8. The van der Waals surface area contributed by atoms with E-state index < -0.39 is 0 Å². The maximum Gasteiger partial charge on any atom is 0.236 e. The van der Waals surface area contributed by atoms with E-state index in [0.29, 0.717) is 34.0 Å². The minimum atomic E-state index is -0.252. The summed E-state index contributed by atoms with van der Waals surface area (Å²) in [6.07, 6.45) is 1.47. The topological polar surface area (TPSA) is 85.2 Å². The molecule has 8 nitrogen and oxygen atoms in total. The lowest BCUT2D eigenvalue weighted by molar-refractivity contribution is -0.113. The second-order valence-electron chi connectivity index (χ2n) is 7.28. The van der Waals surface area contributed by atoms with Crippen LogP contribution in [0.25, 0.3) is 5.69 Å². The fourth-order valence-electron chi connectivity index (χ4n) is 3.19. The highest BCUT2D eigenvalue weighted by Crippen LogP contribution is 2.30.